The van der Waals surface area contributed by atoms with Crippen molar-refractivity contribution in [1.29, 1.82) is 0 Å². The van der Waals surface area contributed by atoms with E-state index in [0.29, 0.717) is 17.3 Å². The number of carbonyl (C=O) groups is 1. The van der Waals surface area contributed by atoms with Crippen LogP contribution in [0.4, 0.5) is 18.9 Å². The van der Waals surface area contributed by atoms with Crippen LogP contribution >= 0.6 is 0 Å². The number of hydrogen-bond acceptors (Lipinski definition) is 3. The van der Waals surface area contributed by atoms with Crippen molar-refractivity contribution in [2.45, 2.75) is 52.1 Å². The van der Waals surface area contributed by atoms with Crippen LogP contribution in [0.25, 0.3) is 0 Å². The smallest absolute Gasteiger partial charge is 0.418 e. The monoisotopic (exact) mass is 354 g/mol. The summed E-state index contributed by atoms with van der Waals surface area (Å²) in [6.07, 6.45) is -4.24. The van der Waals surface area contributed by atoms with Crippen molar-refractivity contribution in [3.05, 3.63) is 47.2 Å². The van der Waals surface area contributed by atoms with Crippen LogP contribution in [0, 0.1) is 6.92 Å². The molecule has 0 atom stereocenters. The predicted molar refractivity (Wildman–Crippen MR) is 88.3 cm³/mol. The van der Waals surface area contributed by atoms with Crippen LogP contribution in [0.15, 0.2) is 28.7 Å². The van der Waals surface area contributed by atoms with Gasteiger partial charge in [0.2, 0.25) is 5.91 Å². The van der Waals surface area contributed by atoms with Gasteiger partial charge in [0.25, 0.3) is 0 Å². The summed E-state index contributed by atoms with van der Waals surface area (Å²) in [7, 11) is 0. The quantitative estimate of drug-likeness (QED) is 0.852. The molecule has 0 unspecified atom stereocenters. The molecule has 1 heterocycles. The number of aryl methyl sites for hydroxylation is 2. The fourth-order valence-electron chi connectivity index (χ4n) is 2.26. The Balaban J connectivity index is 2.04. The fraction of sp³-hybridized carbons (Fsp3) is 0.444. The number of carbonyl (C=O) groups excluding carboxylic acids is 1. The van der Waals surface area contributed by atoms with E-state index in [-0.39, 0.29) is 23.9 Å². The molecular formula is C18H21F3N2O2. The van der Waals surface area contributed by atoms with Gasteiger partial charge < -0.3 is 9.73 Å². The summed E-state index contributed by atoms with van der Waals surface area (Å²) >= 11 is 0. The fourth-order valence-corrected chi connectivity index (χ4v) is 2.26. The molecular weight excluding hydrogens is 333 g/mol. The Labute approximate surface area is 144 Å². The highest BCUT2D eigenvalue weighted by Gasteiger charge is 2.33. The number of amides is 1. The lowest BCUT2D eigenvalue weighted by molar-refractivity contribution is -0.137. The number of alkyl halides is 3. The lowest BCUT2D eigenvalue weighted by Crippen LogP contribution is -2.16. The Bertz CT molecular complexity index is 758. The SMILES string of the molecule is Cc1nc(C(C)(C)C)oc1CCC(=O)Nc1ccccc1C(F)(F)F. The number of nitrogens with zero attached hydrogens (tertiary/aromatic N) is 1. The molecule has 0 aliphatic rings. The molecule has 0 bridgehead atoms. The van der Waals surface area contributed by atoms with Crippen molar-refractivity contribution in [1.82, 2.24) is 4.98 Å². The molecule has 1 N–H and O–H groups in total. The molecule has 0 spiro atoms. The maximum Gasteiger partial charge on any atom is 0.418 e. The van der Waals surface area contributed by atoms with E-state index in [9.17, 15) is 18.0 Å². The van der Waals surface area contributed by atoms with E-state index in [1.807, 2.05) is 20.8 Å². The minimum absolute atomic E-state index is 0.00576. The number of aromatic nitrogens is 1. The van der Waals surface area contributed by atoms with Gasteiger partial charge in [0.05, 0.1) is 16.9 Å². The first-order valence-corrected chi connectivity index (χ1v) is 7.91. The van der Waals surface area contributed by atoms with Crippen molar-refractivity contribution in [3.63, 3.8) is 0 Å². The minimum atomic E-state index is -4.52. The highest BCUT2D eigenvalue weighted by Crippen LogP contribution is 2.34. The average molecular weight is 354 g/mol. The van der Waals surface area contributed by atoms with Crippen LogP contribution in [-0.2, 0) is 22.8 Å². The third-order valence-corrected chi connectivity index (χ3v) is 3.62. The Hall–Kier alpha value is -2.31. The van der Waals surface area contributed by atoms with E-state index in [4.69, 9.17) is 4.42 Å². The molecule has 7 heteroatoms. The van der Waals surface area contributed by atoms with Crippen molar-refractivity contribution in [3.8, 4) is 0 Å². The number of hydrogen-bond donors (Lipinski definition) is 1. The first kappa shape index (κ1) is 19.0. The van der Waals surface area contributed by atoms with Crippen molar-refractivity contribution in [2.75, 3.05) is 5.32 Å². The summed E-state index contributed by atoms with van der Waals surface area (Å²) in [4.78, 5) is 16.4. The number of nitrogens with one attached hydrogen (secondary N) is 1. The molecule has 2 rings (SSSR count). The van der Waals surface area contributed by atoms with E-state index >= 15 is 0 Å². The molecule has 0 fully saturated rings. The second-order valence-electron chi connectivity index (χ2n) is 6.87. The van der Waals surface area contributed by atoms with E-state index in [0.717, 1.165) is 6.07 Å². The Morgan fingerprint density at radius 2 is 1.84 bits per heavy atom. The zero-order chi connectivity index (χ0) is 18.8. The molecule has 0 saturated heterocycles. The standard InChI is InChI=1S/C18H21F3N2O2/c1-11-14(25-16(22-11)17(2,3)4)9-10-15(24)23-13-8-6-5-7-12(13)18(19,20)21/h5-8H,9-10H2,1-4H3,(H,23,24). The van der Waals surface area contributed by atoms with Crippen molar-refractivity contribution in [2.24, 2.45) is 0 Å². The lowest BCUT2D eigenvalue weighted by Gasteiger charge is -2.13. The van der Waals surface area contributed by atoms with Gasteiger partial charge in [-0.3, -0.25) is 4.79 Å². The third-order valence-electron chi connectivity index (χ3n) is 3.62. The van der Waals surface area contributed by atoms with Crippen LogP contribution in [0.5, 0.6) is 0 Å². The Morgan fingerprint density at radius 3 is 2.40 bits per heavy atom. The van der Waals surface area contributed by atoms with Gasteiger partial charge in [0.1, 0.15) is 5.76 Å². The van der Waals surface area contributed by atoms with E-state index in [1.54, 1.807) is 6.92 Å². The summed E-state index contributed by atoms with van der Waals surface area (Å²) < 4.78 is 44.5. The Kier molecular flexibility index (Phi) is 5.25. The van der Waals surface area contributed by atoms with Gasteiger partial charge >= 0.3 is 6.18 Å². The van der Waals surface area contributed by atoms with E-state index in [2.05, 4.69) is 10.3 Å². The number of oxazole rings is 1. The second-order valence-corrected chi connectivity index (χ2v) is 6.87. The number of anilines is 1. The van der Waals surface area contributed by atoms with Crippen LogP contribution in [-0.4, -0.2) is 10.9 Å². The van der Waals surface area contributed by atoms with Gasteiger partial charge in [0.15, 0.2) is 5.89 Å². The first-order valence-electron chi connectivity index (χ1n) is 7.91. The maximum atomic E-state index is 12.9. The third kappa shape index (κ3) is 4.84. The number of halogens is 3. The molecule has 2 aromatic rings. The minimum Gasteiger partial charge on any atom is -0.445 e. The normalized spacial score (nSPS) is 12.3. The van der Waals surface area contributed by atoms with E-state index < -0.39 is 17.6 Å². The maximum absolute atomic E-state index is 12.9. The summed E-state index contributed by atoms with van der Waals surface area (Å²) in [6.45, 7) is 7.67. The van der Waals surface area contributed by atoms with Gasteiger partial charge in [-0.1, -0.05) is 32.9 Å². The molecule has 136 valence electrons. The molecule has 1 aromatic heterocycles. The molecule has 4 nitrogen and oxygen atoms in total. The highest BCUT2D eigenvalue weighted by atomic mass is 19.4. The molecule has 0 saturated carbocycles. The molecule has 0 radical (unpaired) electrons. The number of rotatable bonds is 4. The second kappa shape index (κ2) is 6.90. The van der Waals surface area contributed by atoms with Gasteiger partial charge in [-0.2, -0.15) is 13.2 Å². The topological polar surface area (TPSA) is 55.1 Å². The lowest BCUT2D eigenvalue weighted by atomic mass is 9.97. The predicted octanol–water partition coefficient (Wildman–Crippen LogP) is 4.87. The van der Waals surface area contributed by atoms with Crippen LogP contribution in [0.1, 0.15) is 50.1 Å². The van der Waals surface area contributed by atoms with Crippen molar-refractivity contribution < 1.29 is 22.4 Å². The first-order chi connectivity index (χ1) is 11.5. The molecule has 0 aliphatic carbocycles. The largest absolute Gasteiger partial charge is 0.445 e. The van der Waals surface area contributed by atoms with E-state index in [1.165, 1.54) is 18.2 Å². The summed E-state index contributed by atoms with van der Waals surface area (Å²) in [5.74, 6) is 0.636. The molecule has 1 aromatic carbocycles. The van der Waals surface area contributed by atoms with Gasteiger partial charge in [-0.05, 0) is 19.1 Å². The van der Waals surface area contributed by atoms with Crippen LogP contribution < -0.4 is 5.32 Å². The molecule has 25 heavy (non-hydrogen) atoms. The highest BCUT2D eigenvalue weighted by molar-refractivity contribution is 5.91. The summed E-state index contributed by atoms with van der Waals surface area (Å²) in [5.41, 5.74) is -0.677. The van der Waals surface area contributed by atoms with Crippen LogP contribution in [0.3, 0.4) is 0 Å². The Morgan fingerprint density at radius 1 is 1.20 bits per heavy atom. The number of benzene rings is 1. The summed E-state index contributed by atoms with van der Waals surface area (Å²) in [6, 6.07) is 4.90. The molecule has 1 amide bonds. The average Bonchev–Trinajstić information content (AvgIpc) is 2.86. The summed E-state index contributed by atoms with van der Waals surface area (Å²) in [5, 5.41) is 2.32. The number of para-hydroxylation sites is 1. The molecule has 0 aliphatic heterocycles. The van der Waals surface area contributed by atoms with Gasteiger partial charge in [0, 0.05) is 18.3 Å². The van der Waals surface area contributed by atoms with Crippen LogP contribution in [0.2, 0.25) is 0 Å². The van der Waals surface area contributed by atoms with Gasteiger partial charge in [-0.15, -0.1) is 0 Å². The van der Waals surface area contributed by atoms with Gasteiger partial charge in [-0.25, -0.2) is 4.98 Å². The zero-order valence-corrected chi connectivity index (χ0v) is 14.6. The van der Waals surface area contributed by atoms with Crippen molar-refractivity contribution >= 4 is 11.6 Å². The zero-order valence-electron chi connectivity index (χ0n) is 14.6.